The molecule has 0 N–H and O–H groups in total. The molecule has 1 aromatic carbocycles. The first-order valence-corrected chi connectivity index (χ1v) is 9.71. The highest BCUT2D eigenvalue weighted by molar-refractivity contribution is 5.68. The highest BCUT2D eigenvalue weighted by atomic mass is 16.6. The molecule has 0 atom stereocenters. The van der Waals surface area contributed by atoms with Crippen LogP contribution < -0.4 is 4.90 Å². The topological polar surface area (TPSA) is 32.8 Å². The fourth-order valence-corrected chi connectivity index (χ4v) is 4.32. The van der Waals surface area contributed by atoms with E-state index >= 15 is 0 Å². The van der Waals surface area contributed by atoms with Crippen molar-refractivity contribution >= 4 is 11.8 Å². The molecule has 2 heterocycles. The van der Waals surface area contributed by atoms with E-state index in [4.69, 9.17) is 4.74 Å². The van der Waals surface area contributed by atoms with Crippen LogP contribution in [0.2, 0.25) is 0 Å². The monoisotopic (exact) mass is 344 g/mol. The van der Waals surface area contributed by atoms with E-state index in [1.807, 2.05) is 18.7 Å². The standard InChI is InChI=1S/C21H32N2O2/c1-4-10-20(2,3)25-19(24)22-14-11-21(12-15-22)13-16-23(17-21)18-8-6-5-7-9-18/h5-9H,4,10-17H2,1-3H3. The molecular weight excluding hydrogens is 312 g/mol. The Morgan fingerprint density at radius 3 is 2.40 bits per heavy atom. The highest BCUT2D eigenvalue weighted by Gasteiger charge is 2.42. The van der Waals surface area contributed by atoms with Gasteiger partial charge in [-0.1, -0.05) is 31.5 Å². The third kappa shape index (κ3) is 4.28. The average Bonchev–Trinajstić information content (AvgIpc) is 2.99. The van der Waals surface area contributed by atoms with Gasteiger partial charge in [-0.2, -0.15) is 0 Å². The number of carbonyl (C=O) groups excluding carboxylic acids is 1. The first-order chi connectivity index (χ1) is 11.9. The first kappa shape index (κ1) is 18.1. The van der Waals surface area contributed by atoms with Crippen molar-refractivity contribution in [1.29, 1.82) is 0 Å². The van der Waals surface area contributed by atoms with Gasteiger partial charge >= 0.3 is 6.09 Å². The van der Waals surface area contributed by atoms with Crippen molar-refractivity contribution in [3.63, 3.8) is 0 Å². The van der Waals surface area contributed by atoms with E-state index in [-0.39, 0.29) is 11.7 Å². The summed E-state index contributed by atoms with van der Waals surface area (Å²) in [4.78, 5) is 16.9. The van der Waals surface area contributed by atoms with Gasteiger partial charge in [-0.05, 0) is 57.1 Å². The van der Waals surface area contributed by atoms with Crippen molar-refractivity contribution in [2.75, 3.05) is 31.1 Å². The summed E-state index contributed by atoms with van der Waals surface area (Å²) in [6.45, 7) is 10.0. The Kier molecular flexibility index (Phi) is 5.26. The second-order valence-corrected chi connectivity index (χ2v) is 8.37. The van der Waals surface area contributed by atoms with Gasteiger partial charge in [-0.3, -0.25) is 0 Å². The summed E-state index contributed by atoms with van der Waals surface area (Å²) in [6.07, 6.45) is 5.19. The molecule has 2 saturated heterocycles. The first-order valence-electron chi connectivity index (χ1n) is 9.71. The molecule has 4 nitrogen and oxygen atoms in total. The van der Waals surface area contributed by atoms with E-state index in [2.05, 4.69) is 42.2 Å². The molecule has 2 fully saturated rings. The second-order valence-electron chi connectivity index (χ2n) is 8.37. The van der Waals surface area contributed by atoms with E-state index in [1.54, 1.807) is 0 Å². The number of hydrogen-bond donors (Lipinski definition) is 0. The van der Waals surface area contributed by atoms with Gasteiger partial charge in [0, 0.05) is 31.9 Å². The molecule has 1 spiro atoms. The number of piperidine rings is 1. The van der Waals surface area contributed by atoms with Crippen LogP contribution in [-0.2, 0) is 4.74 Å². The van der Waals surface area contributed by atoms with E-state index in [0.717, 1.165) is 51.9 Å². The third-order valence-electron chi connectivity index (χ3n) is 5.86. The number of rotatable bonds is 4. The Balaban J connectivity index is 1.53. The number of likely N-dealkylation sites (tertiary alicyclic amines) is 1. The van der Waals surface area contributed by atoms with Crippen molar-refractivity contribution in [1.82, 2.24) is 4.90 Å². The molecule has 4 heteroatoms. The molecule has 0 aliphatic carbocycles. The van der Waals surface area contributed by atoms with Gasteiger partial charge in [0.15, 0.2) is 0 Å². The fraction of sp³-hybridized carbons (Fsp3) is 0.667. The summed E-state index contributed by atoms with van der Waals surface area (Å²) in [6, 6.07) is 10.7. The minimum Gasteiger partial charge on any atom is -0.443 e. The van der Waals surface area contributed by atoms with Gasteiger partial charge in [-0.15, -0.1) is 0 Å². The van der Waals surface area contributed by atoms with Crippen molar-refractivity contribution in [3.8, 4) is 0 Å². The van der Waals surface area contributed by atoms with Crippen LogP contribution in [-0.4, -0.2) is 42.8 Å². The Morgan fingerprint density at radius 2 is 1.76 bits per heavy atom. The number of ether oxygens (including phenoxy) is 1. The summed E-state index contributed by atoms with van der Waals surface area (Å²) >= 11 is 0. The summed E-state index contributed by atoms with van der Waals surface area (Å²) in [5, 5.41) is 0. The number of carbonyl (C=O) groups is 1. The minimum absolute atomic E-state index is 0.133. The smallest absolute Gasteiger partial charge is 0.410 e. The molecule has 1 amide bonds. The largest absolute Gasteiger partial charge is 0.443 e. The number of amides is 1. The van der Waals surface area contributed by atoms with Crippen LogP contribution in [0.4, 0.5) is 10.5 Å². The van der Waals surface area contributed by atoms with Crippen molar-refractivity contribution in [2.24, 2.45) is 5.41 Å². The third-order valence-corrected chi connectivity index (χ3v) is 5.86. The van der Waals surface area contributed by atoms with E-state index in [0.29, 0.717) is 5.41 Å². The van der Waals surface area contributed by atoms with Gasteiger partial charge in [0.25, 0.3) is 0 Å². The summed E-state index contributed by atoms with van der Waals surface area (Å²) in [5.41, 5.74) is 1.33. The summed E-state index contributed by atoms with van der Waals surface area (Å²) in [7, 11) is 0. The SMILES string of the molecule is CCCC(C)(C)OC(=O)N1CCC2(CC1)CCN(c1ccccc1)C2. The number of benzene rings is 1. The number of hydrogen-bond acceptors (Lipinski definition) is 3. The number of anilines is 1. The van der Waals surface area contributed by atoms with Crippen LogP contribution in [0, 0.1) is 5.41 Å². The maximum Gasteiger partial charge on any atom is 0.410 e. The minimum atomic E-state index is -0.363. The van der Waals surface area contributed by atoms with E-state index in [1.165, 1.54) is 12.1 Å². The molecule has 0 aromatic heterocycles. The van der Waals surface area contributed by atoms with Gasteiger partial charge in [0.2, 0.25) is 0 Å². The Morgan fingerprint density at radius 1 is 1.12 bits per heavy atom. The van der Waals surface area contributed by atoms with Gasteiger partial charge in [0.1, 0.15) is 5.60 Å². The zero-order valence-corrected chi connectivity index (χ0v) is 16.0. The predicted octanol–water partition coefficient (Wildman–Crippen LogP) is 4.69. The second kappa shape index (κ2) is 7.27. The van der Waals surface area contributed by atoms with Crippen LogP contribution >= 0.6 is 0 Å². The van der Waals surface area contributed by atoms with Crippen molar-refractivity contribution in [3.05, 3.63) is 30.3 Å². The van der Waals surface area contributed by atoms with Crippen LogP contribution in [0.25, 0.3) is 0 Å². The number of nitrogens with zero attached hydrogens (tertiary/aromatic N) is 2. The molecule has 0 bridgehead atoms. The lowest BCUT2D eigenvalue weighted by Gasteiger charge is -2.40. The lowest BCUT2D eigenvalue weighted by molar-refractivity contribution is -0.00213. The molecular formula is C21H32N2O2. The zero-order chi connectivity index (χ0) is 17.9. The van der Waals surface area contributed by atoms with Crippen LogP contribution in [0.3, 0.4) is 0 Å². The van der Waals surface area contributed by atoms with Gasteiger partial charge in [0.05, 0.1) is 0 Å². The summed E-state index contributed by atoms with van der Waals surface area (Å²) < 4.78 is 5.74. The lowest BCUT2D eigenvalue weighted by Crippen LogP contribution is -2.46. The molecule has 3 rings (SSSR count). The van der Waals surface area contributed by atoms with Gasteiger partial charge in [-0.25, -0.2) is 4.79 Å². The maximum absolute atomic E-state index is 12.5. The molecule has 25 heavy (non-hydrogen) atoms. The Labute approximate surface area is 152 Å². The summed E-state index contributed by atoms with van der Waals surface area (Å²) in [5.74, 6) is 0. The van der Waals surface area contributed by atoms with Crippen molar-refractivity contribution < 1.29 is 9.53 Å². The van der Waals surface area contributed by atoms with E-state index in [9.17, 15) is 4.79 Å². The van der Waals surface area contributed by atoms with Gasteiger partial charge < -0.3 is 14.5 Å². The molecule has 0 radical (unpaired) electrons. The molecule has 0 saturated carbocycles. The fourth-order valence-electron chi connectivity index (χ4n) is 4.32. The lowest BCUT2D eigenvalue weighted by atomic mass is 9.78. The quantitative estimate of drug-likeness (QED) is 0.794. The Hall–Kier alpha value is -1.71. The normalized spacial score (nSPS) is 20.1. The van der Waals surface area contributed by atoms with E-state index < -0.39 is 0 Å². The van der Waals surface area contributed by atoms with Crippen LogP contribution in [0.15, 0.2) is 30.3 Å². The zero-order valence-electron chi connectivity index (χ0n) is 16.0. The van der Waals surface area contributed by atoms with Crippen LogP contribution in [0.5, 0.6) is 0 Å². The molecule has 2 aliphatic rings. The molecule has 2 aliphatic heterocycles. The molecule has 0 unspecified atom stereocenters. The molecule has 1 aromatic rings. The predicted molar refractivity (Wildman–Crippen MR) is 102 cm³/mol. The average molecular weight is 344 g/mol. The van der Waals surface area contributed by atoms with Crippen LogP contribution in [0.1, 0.15) is 52.9 Å². The van der Waals surface area contributed by atoms with Crippen molar-refractivity contribution in [2.45, 2.75) is 58.5 Å². The molecule has 138 valence electrons. The highest BCUT2D eigenvalue weighted by Crippen LogP contribution is 2.42. The Bertz CT molecular complexity index is 577. The number of para-hydroxylation sites is 1. The maximum atomic E-state index is 12.5.